The van der Waals surface area contributed by atoms with Crippen molar-refractivity contribution in [2.75, 3.05) is 18.9 Å². The molecule has 3 heterocycles. The Balaban J connectivity index is 1.99. The van der Waals surface area contributed by atoms with E-state index in [9.17, 15) is 8.42 Å². The number of nitrogens with one attached hydrogen (secondary N) is 1. The Morgan fingerprint density at radius 1 is 1.60 bits per heavy atom. The summed E-state index contributed by atoms with van der Waals surface area (Å²) in [6.07, 6.45) is 3.21. The zero-order valence-electron chi connectivity index (χ0n) is 11.0. The van der Waals surface area contributed by atoms with Gasteiger partial charge in [0.1, 0.15) is 0 Å². The van der Waals surface area contributed by atoms with Crippen LogP contribution in [0.1, 0.15) is 19.8 Å². The second-order valence-electron chi connectivity index (χ2n) is 5.18. The van der Waals surface area contributed by atoms with E-state index in [0.29, 0.717) is 18.2 Å². The molecule has 1 aliphatic rings. The molecule has 2 aromatic rings. The van der Waals surface area contributed by atoms with E-state index >= 15 is 0 Å². The van der Waals surface area contributed by atoms with Gasteiger partial charge in [0.25, 0.3) is 10.0 Å². The van der Waals surface area contributed by atoms with Crippen LogP contribution in [0, 0.1) is 0 Å². The van der Waals surface area contributed by atoms with Crippen LogP contribution in [0.3, 0.4) is 0 Å². The van der Waals surface area contributed by atoms with Gasteiger partial charge in [-0.3, -0.25) is 4.40 Å². The average molecular weight is 316 g/mol. The number of imidazole rings is 1. The Morgan fingerprint density at radius 2 is 2.40 bits per heavy atom. The van der Waals surface area contributed by atoms with Crippen molar-refractivity contribution in [2.45, 2.75) is 30.3 Å². The third-order valence-corrected chi connectivity index (χ3v) is 5.75. The van der Waals surface area contributed by atoms with Crippen molar-refractivity contribution in [1.29, 1.82) is 0 Å². The fourth-order valence-corrected chi connectivity index (χ4v) is 4.85. The number of nitrogen functional groups attached to an aromatic ring is 1. The van der Waals surface area contributed by atoms with Crippen LogP contribution in [-0.4, -0.2) is 36.6 Å². The normalized spacial score (nSPS) is 24.2. The summed E-state index contributed by atoms with van der Waals surface area (Å²) in [6.45, 7) is 2.87. The van der Waals surface area contributed by atoms with Gasteiger partial charge in [0.15, 0.2) is 15.8 Å². The maximum Gasteiger partial charge on any atom is 0.260 e. The fraction of sp³-hybridized carbons (Fsp3) is 0.545. The molecule has 0 aliphatic carbocycles. The van der Waals surface area contributed by atoms with Crippen molar-refractivity contribution in [3.8, 4) is 0 Å². The summed E-state index contributed by atoms with van der Waals surface area (Å²) in [4.78, 5) is 4.63. The average Bonchev–Trinajstić information content (AvgIpc) is 2.87. The van der Waals surface area contributed by atoms with Crippen LogP contribution in [0.4, 0.5) is 5.82 Å². The summed E-state index contributed by atoms with van der Waals surface area (Å²) in [5.74, 6) is 0.0182. The predicted octanol–water partition coefficient (Wildman–Crippen LogP) is 0.825. The molecule has 0 amide bonds. The van der Waals surface area contributed by atoms with E-state index in [4.69, 9.17) is 10.5 Å². The van der Waals surface area contributed by atoms with Gasteiger partial charge >= 0.3 is 0 Å². The van der Waals surface area contributed by atoms with Crippen LogP contribution in [-0.2, 0) is 14.8 Å². The number of aromatic nitrogens is 2. The van der Waals surface area contributed by atoms with E-state index in [-0.39, 0.29) is 10.8 Å². The van der Waals surface area contributed by atoms with Crippen molar-refractivity contribution in [3.63, 3.8) is 0 Å². The highest BCUT2D eigenvalue weighted by molar-refractivity contribution is 7.89. The topological polar surface area (TPSA) is 98.7 Å². The van der Waals surface area contributed by atoms with Crippen LogP contribution < -0.4 is 10.5 Å². The first-order valence-corrected chi connectivity index (χ1v) is 8.60. The molecule has 0 bridgehead atoms. The highest BCUT2D eigenvalue weighted by Gasteiger charge is 2.35. The number of thiazole rings is 1. The number of sulfonamides is 1. The number of hydrogen-bond donors (Lipinski definition) is 2. The van der Waals surface area contributed by atoms with Gasteiger partial charge in [0.05, 0.1) is 12.1 Å². The Labute approximate surface area is 120 Å². The molecule has 0 aromatic carbocycles. The van der Waals surface area contributed by atoms with Crippen LogP contribution in [0.15, 0.2) is 16.6 Å². The van der Waals surface area contributed by atoms with Gasteiger partial charge in [-0.15, -0.1) is 11.3 Å². The predicted molar refractivity (Wildman–Crippen MR) is 76.3 cm³/mol. The second-order valence-corrected chi connectivity index (χ2v) is 7.65. The van der Waals surface area contributed by atoms with Crippen LogP contribution >= 0.6 is 11.3 Å². The number of ether oxygens (including phenoxy) is 1. The lowest BCUT2D eigenvalue weighted by Gasteiger charge is -2.33. The van der Waals surface area contributed by atoms with Gasteiger partial charge in [0, 0.05) is 18.2 Å². The largest absolute Gasteiger partial charge is 0.381 e. The highest BCUT2D eigenvalue weighted by Crippen LogP contribution is 2.26. The van der Waals surface area contributed by atoms with E-state index in [1.165, 1.54) is 15.7 Å². The molecule has 1 atom stereocenters. The van der Waals surface area contributed by atoms with Gasteiger partial charge < -0.3 is 10.5 Å². The molecule has 1 saturated heterocycles. The lowest BCUT2D eigenvalue weighted by molar-refractivity contribution is 0.0386. The van der Waals surface area contributed by atoms with E-state index in [1.54, 1.807) is 11.6 Å². The summed E-state index contributed by atoms with van der Waals surface area (Å²) in [7, 11) is -3.75. The van der Waals surface area contributed by atoms with Gasteiger partial charge in [-0.05, 0) is 19.8 Å². The van der Waals surface area contributed by atoms with Gasteiger partial charge in [0.2, 0.25) is 0 Å². The molecule has 1 aliphatic heterocycles. The second kappa shape index (κ2) is 4.69. The van der Waals surface area contributed by atoms with E-state index in [1.807, 2.05) is 6.92 Å². The Bertz CT molecular complexity index is 728. The maximum atomic E-state index is 12.6. The minimum absolute atomic E-state index is 0.000508. The van der Waals surface area contributed by atoms with E-state index < -0.39 is 15.6 Å². The first-order chi connectivity index (χ1) is 9.41. The van der Waals surface area contributed by atoms with Crippen molar-refractivity contribution in [2.24, 2.45) is 0 Å². The Hall–Kier alpha value is -1.16. The monoisotopic (exact) mass is 316 g/mol. The summed E-state index contributed by atoms with van der Waals surface area (Å²) in [5.41, 5.74) is 5.15. The standard InChI is InChI=1S/C11H16N4O3S2/c1-11(3-2-5-18-7-11)14-20(16,17)9-8(12)13-10-15(9)4-6-19-10/h4,6,14H,2-3,5,7,12H2,1H3. The lowest BCUT2D eigenvalue weighted by atomic mass is 9.97. The van der Waals surface area contributed by atoms with Crippen molar-refractivity contribution in [3.05, 3.63) is 11.6 Å². The zero-order chi connectivity index (χ0) is 14.4. The molecule has 3 N–H and O–H groups in total. The van der Waals surface area contributed by atoms with Crippen LogP contribution in [0.2, 0.25) is 0 Å². The van der Waals surface area contributed by atoms with Gasteiger partial charge in [-0.1, -0.05) is 0 Å². The number of hydrogen-bond acceptors (Lipinski definition) is 6. The van der Waals surface area contributed by atoms with Gasteiger partial charge in [-0.2, -0.15) is 0 Å². The minimum atomic E-state index is -3.75. The molecule has 0 radical (unpaired) electrons. The Kier molecular flexibility index (Phi) is 3.24. The summed E-state index contributed by atoms with van der Waals surface area (Å²) < 4.78 is 34.8. The SMILES string of the molecule is CC1(NS(=O)(=O)c2c(N)nc3sccn23)CCCOC1. The third-order valence-electron chi connectivity index (χ3n) is 3.32. The molecule has 2 aromatic heterocycles. The molecule has 3 rings (SSSR count). The number of anilines is 1. The minimum Gasteiger partial charge on any atom is -0.381 e. The lowest BCUT2D eigenvalue weighted by Crippen LogP contribution is -2.51. The zero-order valence-corrected chi connectivity index (χ0v) is 12.6. The molecule has 20 heavy (non-hydrogen) atoms. The van der Waals surface area contributed by atoms with E-state index in [0.717, 1.165) is 12.8 Å². The van der Waals surface area contributed by atoms with Gasteiger partial charge in [-0.25, -0.2) is 18.1 Å². The third kappa shape index (κ3) is 2.30. The van der Waals surface area contributed by atoms with Crippen LogP contribution in [0.25, 0.3) is 4.96 Å². The molecular formula is C11H16N4O3S2. The number of nitrogens with two attached hydrogens (primary N) is 1. The van der Waals surface area contributed by atoms with E-state index in [2.05, 4.69) is 9.71 Å². The quantitative estimate of drug-likeness (QED) is 0.873. The van der Waals surface area contributed by atoms with Crippen molar-refractivity contribution in [1.82, 2.24) is 14.1 Å². The molecular weight excluding hydrogens is 300 g/mol. The Morgan fingerprint density at radius 3 is 3.10 bits per heavy atom. The molecule has 0 saturated carbocycles. The van der Waals surface area contributed by atoms with Crippen LogP contribution in [0.5, 0.6) is 0 Å². The first-order valence-electron chi connectivity index (χ1n) is 6.24. The summed E-state index contributed by atoms with van der Waals surface area (Å²) >= 11 is 1.34. The molecule has 7 nitrogen and oxygen atoms in total. The molecule has 110 valence electrons. The number of rotatable bonds is 3. The highest BCUT2D eigenvalue weighted by atomic mass is 32.2. The summed E-state index contributed by atoms with van der Waals surface area (Å²) in [5, 5.41) is 1.77. The molecule has 1 fully saturated rings. The molecule has 1 unspecified atom stereocenters. The maximum absolute atomic E-state index is 12.6. The number of nitrogens with zero attached hydrogens (tertiary/aromatic N) is 2. The molecule has 0 spiro atoms. The fourth-order valence-electron chi connectivity index (χ4n) is 2.44. The van der Waals surface area contributed by atoms with Crippen molar-refractivity contribution >= 4 is 32.1 Å². The molecule has 9 heteroatoms. The smallest absolute Gasteiger partial charge is 0.260 e. The number of fused-ring (bicyclic) bond motifs is 1. The first kappa shape index (κ1) is 13.8. The summed E-state index contributed by atoms with van der Waals surface area (Å²) in [6, 6.07) is 0. The van der Waals surface area contributed by atoms with Crippen molar-refractivity contribution < 1.29 is 13.2 Å².